The molecule has 1 saturated heterocycles. The van der Waals surface area contributed by atoms with E-state index in [0.717, 1.165) is 20.5 Å². The van der Waals surface area contributed by atoms with Gasteiger partial charge < -0.3 is 14.2 Å². The quantitative estimate of drug-likeness (QED) is 0.525. The lowest BCUT2D eigenvalue weighted by Gasteiger charge is -2.18. The molecule has 1 N–H and O–H groups in total. The first-order valence-corrected chi connectivity index (χ1v) is 10.5. The number of ether oxygens (including phenoxy) is 3. The largest absolute Gasteiger partial charge is 0.488 e. The van der Waals surface area contributed by atoms with E-state index in [-0.39, 0.29) is 6.10 Å². The topological polar surface area (TPSA) is 60.1 Å². The lowest BCUT2D eigenvalue weighted by molar-refractivity contribution is 0.141. The zero-order valence-electron chi connectivity index (χ0n) is 14.0. The summed E-state index contributed by atoms with van der Waals surface area (Å²) in [4.78, 5) is 12.0. The molecule has 0 aliphatic carbocycles. The van der Waals surface area contributed by atoms with Gasteiger partial charge in [0.2, 0.25) is 0 Å². The van der Waals surface area contributed by atoms with Gasteiger partial charge in [0.15, 0.2) is 0 Å². The maximum atomic E-state index is 12.0. The van der Waals surface area contributed by atoms with Gasteiger partial charge in [0.25, 0.3) is 0 Å². The number of nitrogens with one attached hydrogen (secondary N) is 1. The number of alkyl carbamates (subject to hydrolysis) is 1. The number of carbonyl (C=O) groups is 1. The minimum atomic E-state index is -0.493. The number of halogens is 1. The summed E-state index contributed by atoms with van der Waals surface area (Å²) in [6.07, 6.45) is 1.55. The molecule has 0 bridgehead atoms. The zero-order valence-corrected chi connectivity index (χ0v) is 16.1. The van der Waals surface area contributed by atoms with E-state index in [1.54, 1.807) is 0 Å². The average molecular weight is 463 g/mol. The van der Waals surface area contributed by atoms with Crippen LogP contribution in [0.2, 0.25) is 0 Å². The van der Waals surface area contributed by atoms with Crippen molar-refractivity contribution < 1.29 is 19.0 Å². The molecule has 1 unspecified atom stereocenters. The van der Waals surface area contributed by atoms with Crippen molar-refractivity contribution in [1.82, 2.24) is 5.32 Å². The number of rotatable bonds is 6. The van der Waals surface area contributed by atoms with Crippen LogP contribution in [0.5, 0.6) is 0 Å². The minimum absolute atomic E-state index is 0.0628. The highest BCUT2D eigenvalue weighted by Gasteiger charge is 2.24. The van der Waals surface area contributed by atoms with Crippen molar-refractivity contribution in [1.29, 1.82) is 0 Å². The normalized spacial score (nSPS) is 17.8. The highest BCUT2D eigenvalue weighted by Crippen LogP contribution is 2.31. The maximum Gasteiger partial charge on any atom is 0.412 e. The third kappa shape index (κ3) is 4.50. The second kappa shape index (κ2) is 8.01. The van der Waals surface area contributed by atoms with Crippen molar-refractivity contribution in [2.24, 2.45) is 0 Å². The van der Waals surface area contributed by atoms with E-state index < -0.39 is 26.8 Å². The van der Waals surface area contributed by atoms with E-state index in [0.29, 0.717) is 19.8 Å². The van der Waals surface area contributed by atoms with Crippen LogP contribution in [-0.2, 0) is 20.8 Å². The number of hydrogen-bond acceptors (Lipinski definition) is 4. The molecular weight excluding hydrogens is 445 g/mol. The molecule has 0 radical (unpaired) electrons. The Morgan fingerprint density at radius 3 is 2.73 bits per heavy atom. The molecule has 4 rings (SSSR count). The summed E-state index contributed by atoms with van der Waals surface area (Å²) in [5.41, 5.74) is 2.20. The molecular formula is C20H18INO4. The molecule has 2 aromatic rings. The third-order valence-corrected chi connectivity index (χ3v) is 6.55. The molecule has 2 aliphatic rings. The predicted molar refractivity (Wildman–Crippen MR) is 108 cm³/mol. The molecule has 2 heterocycles. The molecule has 134 valence electrons. The van der Waals surface area contributed by atoms with E-state index in [4.69, 9.17) is 14.2 Å². The molecule has 0 saturated carbocycles. The van der Waals surface area contributed by atoms with E-state index in [2.05, 4.69) is 17.4 Å². The molecule has 6 heteroatoms. The molecule has 2 aliphatic heterocycles. The van der Waals surface area contributed by atoms with E-state index in [1.165, 1.54) is 3.57 Å². The van der Waals surface area contributed by atoms with Crippen LogP contribution < -0.4 is 5.32 Å². The smallest absolute Gasteiger partial charge is 0.412 e. The second-order valence-electron chi connectivity index (χ2n) is 5.88. The minimum Gasteiger partial charge on any atom is -0.488 e. The van der Waals surface area contributed by atoms with Crippen molar-refractivity contribution in [3.63, 3.8) is 0 Å². The number of amides is 1. The van der Waals surface area contributed by atoms with Crippen LogP contribution >= 0.6 is 20.7 Å². The van der Waals surface area contributed by atoms with Crippen LogP contribution in [0.25, 0.3) is 5.76 Å². The van der Waals surface area contributed by atoms with Gasteiger partial charge in [-0.3, -0.25) is 5.32 Å². The highest BCUT2D eigenvalue weighted by atomic mass is 127. The third-order valence-electron chi connectivity index (χ3n) is 3.86. The highest BCUT2D eigenvalue weighted by molar-refractivity contribution is 14.2. The van der Waals surface area contributed by atoms with Gasteiger partial charge in [0.1, 0.15) is 25.1 Å². The summed E-state index contributed by atoms with van der Waals surface area (Å²) in [6, 6.07) is 18.2. The van der Waals surface area contributed by atoms with E-state index in [9.17, 15) is 4.79 Å². The molecule has 0 spiro atoms. The van der Waals surface area contributed by atoms with Gasteiger partial charge in [0, 0.05) is 15.2 Å². The molecule has 26 heavy (non-hydrogen) atoms. The van der Waals surface area contributed by atoms with Gasteiger partial charge in [-0.2, -0.15) is 0 Å². The lowest BCUT2D eigenvalue weighted by Crippen LogP contribution is -2.30. The summed E-state index contributed by atoms with van der Waals surface area (Å²) in [7, 11) is 0. The zero-order chi connectivity index (χ0) is 17.8. The van der Waals surface area contributed by atoms with Crippen molar-refractivity contribution in [2.75, 3.05) is 13.2 Å². The van der Waals surface area contributed by atoms with Gasteiger partial charge >= 0.3 is 6.09 Å². The van der Waals surface area contributed by atoms with Gasteiger partial charge in [-0.1, -0.05) is 69.3 Å². The Kier molecular flexibility index (Phi) is 5.31. The molecule has 0 aromatic heterocycles. The van der Waals surface area contributed by atoms with Crippen molar-refractivity contribution >= 4 is 36.2 Å². The Labute approximate surface area is 161 Å². The Balaban J connectivity index is 1.48. The van der Waals surface area contributed by atoms with Crippen LogP contribution in [0.15, 0.2) is 60.7 Å². The van der Waals surface area contributed by atoms with Crippen molar-refractivity contribution in [3.05, 3.63) is 75.4 Å². The first-order valence-electron chi connectivity index (χ1n) is 8.33. The maximum absolute atomic E-state index is 12.0. The molecule has 5 nitrogen and oxygen atoms in total. The summed E-state index contributed by atoms with van der Waals surface area (Å²) in [5.74, 6) is 0.774. The standard InChI is InChI=1S/C20H18INO4/c23-20(26-13-15-12-24-15)22-19-10-18(16-8-4-5-9-17(16)21-19)25-11-14-6-2-1-3-7-14/h1-10,15H,11-13H2,(H,22,23). The SMILES string of the molecule is O=C(NC1=Ic2ccccc2C(OCc2ccccc2)=C1)OCC1CO1. The Hall–Kier alpha value is -2.19. The molecule has 1 fully saturated rings. The van der Waals surface area contributed by atoms with Crippen molar-refractivity contribution in [2.45, 2.75) is 12.7 Å². The molecule has 1 amide bonds. The lowest BCUT2D eigenvalue weighted by atomic mass is 10.1. The summed E-state index contributed by atoms with van der Waals surface area (Å²) >= 11 is -0.493. The van der Waals surface area contributed by atoms with Crippen LogP contribution in [0.1, 0.15) is 11.1 Å². The van der Waals surface area contributed by atoms with Crippen LogP contribution in [0, 0.1) is 3.57 Å². The van der Waals surface area contributed by atoms with Crippen molar-refractivity contribution in [3.8, 4) is 0 Å². The first-order chi connectivity index (χ1) is 12.8. The van der Waals surface area contributed by atoms with Crippen LogP contribution in [0.4, 0.5) is 4.79 Å². The number of carbonyl (C=O) groups excluding carboxylic acids is 1. The van der Waals surface area contributed by atoms with Crippen LogP contribution in [0.3, 0.4) is 0 Å². The second-order valence-corrected chi connectivity index (χ2v) is 8.75. The predicted octanol–water partition coefficient (Wildman–Crippen LogP) is 3.65. The van der Waals surface area contributed by atoms with E-state index >= 15 is 0 Å². The Morgan fingerprint density at radius 2 is 1.92 bits per heavy atom. The fourth-order valence-electron chi connectivity index (χ4n) is 2.45. The summed E-state index contributed by atoms with van der Waals surface area (Å²) < 4.78 is 18.4. The monoisotopic (exact) mass is 463 g/mol. The fraction of sp³-hybridized carbons (Fsp3) is 0.200. The van der Waals surface area contributed by atoms with Gasteiger partial charge in [-0.15, -0.1) is 0 Å². The van der Waals surface area contributed by atoms with Gasteiger partial charge in [-0.05, 0) is 11.6 Å². The van der Waals surface area contributed by atoms with Gasteiger partial charge in [-0.25, -0.2) is 4.79 Å². The number of benzene rings is 2. The number of epoxide rings is 1. The summed E-state index contributed by atoms with van der Waals surface area (Å²) in [5, 5.41) is 2.86. The van der Waals surface area contributed by atoms with E-state index in [1.807, 2.05) is 48.5 Å². The van der Waals surface area contributed by atoms with Gasteiger partial charge in [0.05, 0.1) is 10.2 Å². The Bertz CT molecular complexity index is 859. The Morgan fingerprint density at radius 1 is 1.15 bits per heavy atom. The number of hydrogen-bond donors (Lipinski definition) is 1. The summed E-state index contributed by atoms with van der Waals surface area (Å²) in [6.45, 7) is 1.45. The number of fused-ring (bicyclic) bond motifs is 1. The first kappa shape index (κ1) is 17.2. The molecule has 2 aromatic carbocycles. The van der Waals surface area contributed by atoms with Crippen LogP contribution in [-0.4, -0.2) is 29.0 Å². The fourth-order valence-corrected chi connectivity index (χ4v) is 5.00. The average Bonchev–Trinajstić information content (AvgIpc) is 3.50. The molecule has 1 atom stereocenters.